The van der Waals surface area contributed by atoms with Crippen molar-refractivity contribution in [2.75, 3.05) is 0 Å². The highest BCUT2D eigenvalue weighted by molar-refractivity contribution is 7.91. The van der Waals surface area contributed by atoms with E-state index < -0.39 is 9.84 Å². The molecule has 0 fully saturated rings. The molecule has 96 valence electrons. The molecule has 1 aromatic carbocycles. The van der Waals surface area contributed by atoms with Crippen LogP contribution in [0.2, 0.25) is 5.02 Å². The first-order chi connectivity index (χ1) is 9.10. The van der Waals surface area contributed by atoms with E-state index in [1.165, 1.54) is 12.4 Å². The standard InChI is InChI=1S/C13H9ClN2O2S/c14-10-6-15-7-11-13(10)12(8-16-11)19(17,18)9-4-2-1-3-5-9/h1-8,16H. The zero-order valence-electron chi connectivity index (χ0n) is 9.67. The quantitative estimate of drug-likeness (QED) is 0.789. The average Bonchev–Trinajstić information content (AvgIpc) is 2.86. The van der Waals surface area contributed by atoms with Gasteiger partial charge in [-0.2, -0.15) is 0 Å². The topological polar surface area (TPSA) is 62.8 Å². The number of fused-ring (bicyclic) bond motifs is 1. The van der Waals surface area contributed by atoms with E-state index in [-0.39, 0.29) is 9.79 Å². The summed E-state index contributed by atoms with van der Waals surface area (Å²) in [5.74, 6) is 0. The van der Waals surface area contributed by atoms with Gasteiger partial charge in [0.1, 0.15) is 0 Å². The van der Waals surface area contributed by atoms with Crippen molar-refractivity contribution < 1.29 is 8.42 Å². The number of aromatic amines is 1. The molecule has 0 unspecified atom stereocenters. The summed E-state index contributed by atoms with van der Waals surface area (Å²) in [6, 6.07) is 8.26. The van der Waals surface area contributed by atoms with Gasteiger partial charge in [-0.05, 0) is 12.1 Å². The van der Waals surface area contributed by atoms with Crippen molar-refractivity contribution in [3.63, 3.8) is 0 Å². The predicted octanol–water partition coefficient (Wildman–Crippen LogP) is 3.05. The first kappa shape index (κ1) is 12.2. The Labute approximate surface area is 115 Å². The van der Waals surface area contributed by atoms with Gasteiger partial charge in [-0.1, -0.05) is 29.8 Å². The van der Waals surface area contributed by atoms with Crippen LogP contribution in [0.4, 0.5) is 0 Å². The number of sulfone groups is 1. The maximum absolute atomic E-state index is 12.6. The smallest absolute Gasteiger partial charge is 0.208 e. The molecule has 0 bridgehead atoms. The van der Waals surface area contributed by atoms with Crippen LogP contribution in [0.25, 0.3) is 10.9 Å². The van der Waals surface area contributed by atoms with Gasteiger partial charge in [0, 0.05) is 17.8 Å². The molecule has 0 aliphatic carbocycles. The molecule has 0 atom stereocenters. The highest BCUT2D eigenvalue weighted by Gasteiger charge is 2.22. The minimum absolute atomic E-state index is 0.168. The van der Waals surface area contributed by atoms with Gasteiger partial charge < -0.3 is 4.98 Å². The third kappa shape index (κ3) is 1.91. The summed E-state index contributed by atoms with van der Waals surface area (Å²) in [5, 5.41) is 0.786. The van der Waals surface area contributed by atoms with Crippen molar-refractivity contribution in [3.8, 4) is 0 Å². The Morgan fingerprint density at radius 1 is 1.11 bits per heavy atom. The molecule has 0 aliphatic rings. The fourth-order valence-corrected chi connectivity index (χ4v) is 3.74. The van der Waals surface area contributed by atoms with E-state index in [1.54, 1.807) is 36.5 Å². The molecular weight excluding hydrogens is 284 g/mol. The van der Waals surface area contributed by atoms with Crippen molar-refractivity contribution in [3.05, 3.63) is 53.9 Å². The largest absolute Gasteiger partial charge is 0.359 e. The lowest BCUT2D eigenvalue weighted by molar-refractivity contribution is 0.597. The fourth-order valence-electron chi connectivity index (χ4n) is 1.95. The molecule has 4 nitrogen and oxygen atoms in total. The van der Waals surface area contributed by atoms with Gasteiger partial charge in [-0.25, -0.2) is 8.42 Å². The van der Waals surface area contributed by atoms with Crippen molar-refractivity contribution >= 4 is 32.3 Å². The van der Waals surface area contributed by atoms with Crippen LogP contribution in [0.15, 0.2) is 58.7 Å². The molecule has 0 amide bonds. The minimum atomic E-state index is -3.59. The molecule has 19 heavy (non-hydrogen) atoms. The molecule has 3 rings (SSSR count). The molecular formula is C13H9ClN2O2S. The van der Waals surface area contributed by atoms with Crippen LogP contribution in [-0.2, 0) is 9.84 Å². The Bertz CT molecular complexity index is 841. The Hall–Kier alpha value is -1.85. The Balaban J connectivity index is 2.31. The third-order valence-electron chi connectivity index (χ3n) is 2.85. The van der Waals surface area contributed by atoms with Crippen LogP contribution >= 0.6 is 11.6 Å². The van der Waals surface area contributed by atoms with Gasteiger partial charge in [0.25, 0.3) is 0 Å². The number of hydrogen-bond acceptors (Lipinski definition) is 3. The monoisotopic (exact) mass is 292 g/mol. The van der Waals surface area contributed by atoms with E-state index in [0.717, 1.165) is 0 Å². The number of aromatic nitrogens is 2. The molecule has 0 saturated heterocycles. The summed E-state index contributed by atoms with van der Waals surface area (Å²) in [4.78, 5) is 7.21. The molecule has 2 aromatic heterocycles. The van der Waals surface area contributed by atoms with Crippen LogP contribution in [0, 0.1) is 0 Å². The Morgan fingerprint density at radius 3 is 2.58 bits per heavy atom. The van der Waals surface area contributed by atoms with Crippen molar-refractivity contribution in [1.29, 1.82) is 0 Å². The number of nitrogens with one attached hydrogen (secondary N) is 1. The van der Waals surface area contributed by atoms with Crippen LogP contribution in [-0.4, -0.2) is 18.4 Å². The second-order valence-electron chi connectivity index (χ2n) is 4.01. The summed E-state index contributed by atoms with van der Waals surface area (Å²) in [5.41, 5.74) is 0.599. The van der Waals surface area contributed by atoms with Crippen molar-refractivity contribution in [2.45, 2.75) is 9.79 Å². The maximum Gasteiger partial charge on any atom is 0.208 e. The van der Waals surface area contributed by atoms with E-state index in [0.29, 0.717) is 15.9 Å². The van der Waals surface area contributed by atoms with Crippen LogP contribution in [0.1, 0.15) is 0 Å². The highest BCUT2D eigenvalue weighted by Crippen LogP contribution is 2.32. The zero-order valence-corrected chi connectivity index (χ0v) is 11.2. The number of H-pyrrole nitrogens is 1. The summed E-state index contributed by atoms with van der Waals surface area (Å²) in [6.07, 6.45) is 4.42. The third-order valence-corrected chi connectivity index (χ3v) is 4.93. The lowest BCUT2D eigenvalue weighted by Gasteiger charge is -2.03. The second-order valence-corrected chi connectivity index (χ2v) is 6.34. The molecule has 0 spiro atoms. The predicted molar refractivity (Wildman–Crippen MR) is 73.0 cm³/mol. The zero-order chi connectivity index (χ0) is 13.5. The van der Waals surface area contributed by atoms with Crippen molar-refractivity contribution in [1.82, 2.24) is 9.97 Å². The molecule has 0 radical (unpaired) electrons. The van der Waals surface area contributed by atoms with E-state index in [9.17, 15) is 8.42 Å². The molecule has 6 heteroatoms. The van der Waals surface area contributed by atoms with E-state index in [1.807, 2.05) is 0 Å². The molecule has 2 heterocycles. The van der Waals surface area contributed by atoms with Gasteiger partial charge in [-0.15, -0.1) is 0 Å². The van der Waals surface area contributed by atoms with Crippen LogP contribution in [0.5, 0.6) is 0 Å². The van der Waals surface area contributed by atoms with E-state index in [4.69, 9.17) is 11.6 Å². The van der Waals surface area contributed by atoms with Gasteiger partial charge in [0.05, 0.1) is 26.5 Å². The first-order valence-electron chi connectivity index (χ1n) is 5.51. The Kier molecular flexibility index (Phi) is 2.80. The van der Waals surface area contributed by atoms with Gasteiger partial charge >= 0.3 is 0 Å². The summed E-state index contributed by atoms with van der Waals surface area (Å²) >= 11 is 6.05. The number of hydrogen-bond donors (Lipinski definition) is 1. The number of pyridine rings is 1. The average molecular weight is 293 g/mol. The second kappa shape index (κ2) is 4.36. The van der Waals surface area contributed by atoms with E-state index >= 15 is 0 Å². The lowest BCUT2D eigenvalue weighted by atomic mass is 10.3. The summed E-state index contributed by atoms with van der Waals surface area (Å²) < 4.78 is 25.1. The van der Waals surface area contributed by atoms with Crippen LogP contribution in [0.3, 0.4) is 0 Å². The summed E-state index contributed by atoms with van der Waals surface area (Å²) in [6.45, 7) is 0. The lowest BCUT2D eigenvalue weighted by Crippen LogP contribution is -2.00. The fraction of sp³-hybridized carbons (Fsp3) is 0. The highest BCUT2D eigenvalue weighted by atomic mass is 35.5. The Morgan fingerprint density at radius 2 is 1.84 bits per heavy atom. The minimum Gasteiger partial charge on any atom is -0.359 e. The SMILES string of the molecule is O=S(=O)(c1ccccc1)c1c[nH]c2cncc(Cl)c12. The van der Waals surface area contributed by atoms with Gasteiger partial charge in [-0.3, -0.25) is 4.98 Å². The normalized spacial score (nSPS) is 11.8. The number of benzene rings is 1. The number of rotatable bonds is 2. The van der Waals surface area contributed by atoms with Crippen molar-refractivity contribution in [2.24, 2.45) is 0 Å². The maximum atomic E-state index is 12.6. The van der Waals surface area contributed by atoms with Gasteiger partial charge in [0.15, 0.2) is 0 Å². The molecule has 3 aromatic rings. The first-order valence-corrected chi connectivity index (χ1v) is 7.37. The number of halogens is 1. The summed E-state index contributed by atoms with van der Waals surface area (Å²) in [7, 11) is -3.59. The molecule has 0 saturated carbocycles. The van der Waals surface area contributed by atoms with E-state index in [2.05, 4.69) is 9.97 Å². The molecule has 0 aliphatic heterocycles. The van der Waals surface area contributed by atoms with Gasteiger partial charge in [0.2, 0.25) is 9.84 Å². The van der Waals surface area contributed by atoms with Crippen LogP contribution < -0.4 is 0 Å². The number of nitrogens with zero attached hydrogens (tertiary/aromatic N) is 1. The molecule has 1 N–H and O–H groups in total.